The molecule has 4 rings (SSSR count). The number of aromatic nitrogens is 5. The summed E-state index contributed by atoms with van der Waals surface area (Å²) in [4.78, 5) is 4.03. The first-order chi connectivity index (χ1) is 14.0. The molecule has 0 spiro atoms. The Morgan fingerprint density at radius 1 is 1.03 bits per heavy atom. The summed E-state index contributed by atoms with van der Waals surface area (Å²) < 4.78 is 28.9. The van der Waals surface area contributed by atoms with Crippen LogP contribution in [-0.2, 0) is 5.75 Å². The normalized spacial score (nSPS) is 11.3. The van der Waals surface area contributed by atoms with Gasteiger partial charge in [-0.3, -0.25) is 9.13 Å². The molecule has 0 aliphatic heterocycles. The molecule has 148 valence electrons. The summed E-state index contributed by atoms with van der Waals surface area (Å²) in [5.74, 6) is 1.16. The highest BCUT2D eigenvalue weighted by atomic mass is 35.5. The fourth-order valence-electron chi connectivity index (χ4n) is 2.84. The molecule has 9 heteroatoms. The van der Waals surface area contributed by atoms with Crippen molar-refractivity contribution in [2.75, 3.05) is 0 Å². The van der Waals surface area contributed by atoms with Crippen molar-refractivity contribution in [2.45, 2.75) is 24.4 Å². The minimum atomic E-state index is -2.63. The summed E-state index contributed by atoms with van der Waals surface area (Å²) in [5, 5.41) is 9.87. The third-order valence-electron chi connectivity index (χ3n) is 4.32. The quantitative estimate of drug-likeness (QED) is 0.363. The molecule has 2 aromatic carbocycles. The molecule has 0 N–H and O–H groups in total. The van der Waals surface area contributed by atoms with Crippen molar-refractivity contribution in [2.24, 2.45) is 0 Å². The molecule has 2 aromatic heterocycles. The van der Waals surface area contributed by atoms with Crippen molar-refractivity contribution in [3.8, 4) is 17.1 Å². The number of nitrogens with zero attached hydrogens (tertiary/aromatic N) is 5. The van der Waals surface area contributed by atoms with Gasteiger partial charge in [-0.25, -0.2) is 4.98 Å². The van der Waals surface area contributed by atoms with Crippen LogP contribution in [0.2, 0.25) is 5.02 Å². The van der Waals surface area contributed by atoms with Crippen LogP contribution in [0.15, 0.2) is 66.1 Å². The first kappa shape index (κ1) is 19.6. The summed E-state index contributed by atoms with van der Waals surface area (Å²) in [6.07, 6.45) is 2.64. The van der Waals surface area contributed by atoms with Gasteiger partial charge < -0.3 is 0 Å². The Hall–Kier alpha value is -2.71. The second-order valence-corrected chi connectivity index (χ2v) is 7.68. The van der Waals surface area contributed by atoms with Gasteiger partial charge in [-0.15, -0.1) is 10.2 Å². The van der Waals surface area contributed by atoms with Gasteiger partial charge in [0, 0.05) is 28.7 Å². The number of alkyl halides is 2. The number of imidazole rings is 1. The Balaban J connectivity index is 1.72. The van der Waals surface area contributed by atoms with Gasteiger partial charge in [0.25, 0.3) is 0 Å². The highest BCUT2D eigenvalue weighted by Crippen LogP contribution is 2.30. The van der Waals surface area contributed by atoms with Gasteiger partial charge >= 0.3 is 6.55 Å². The Morgan fingerprint density at radius 3 is 2.45 bits per heavy atom. The van der Waals surface area contributed by atoms with Crippen molar-refractivity contribution >= 4 is 23.4 Å². The largest absolute Gasteiger partial charge is 0.319 e. The van der Waals surface area contributed by atoms with Crippen LogP contribution in [0.1, 0.15) is 17.9 Å². The molecule has 0 aliphatic rings. The van der Waals surface area contributed by atoms with Crippen LogP contribution in [0, 0.1) is 6.92 Å². The summed E-state index contributed by atoms with van der Waals surface area (Å²) in [7, 11) is 0. The summed E-state index contributed by atoms with van der Waals surface area (Å²) in [6.45, 7) is -0.622. The predicted octanol–water partition coefficient (Wildman–Crippen LogP) is 5.78. The van der Waals surface area contributed by atoms with Gasteiger partial charge in [0.05, 0.1) is 5.75 Å². The van der Waals surface area contributed by atoms with Crippen molar-refractivity contribution < 1.29 is 8.78 Å². The number of thioether (sulfide) groups is 1. The third-order valence-corrected chi connectivity index (χ3v) is 5.49. The smallest absolute Gasteiger partial charge is 0.277 e. The zero-order chi connectivity index (χ0) is 20.4. The zero-order valence-electron chi connectivity index (χ0n) is 15.3. The maximum atomic E-state index is 13.1. The first-order valence-electron chi connectivity index (χ1n) is 8.74. The molecular weight excluding hydrogens is 416 g/mol. The number of rotatable bonds is 6. The molecule has 0 aliphatic carbocycles. The van der Waals surface area contributed by atoms with Gasteiger partial charge in [0.1, 0.15) is 5.82 Å². The SMILES string of the molecule is Cc1ccc(-n2c(SCc3nccn3C(F)F)nnc2-c2ccc(Cl)cc2)cc1. The van der Waals surface area contributed by atoms with Crippen LogP contribution in [0.25, 0.3) is 17.1 Å². The average molecular weight is 432 g/mol. The highest BCUT2D eigenvalue weighted by molar-refractivity contribution is 7.98. The highest BCUT2D eigenvalue weighted by Gasteiger charge is 2.18. The second-order valence-electron chi connectivity index (χ2n) is 6.30. The standard InChI is InChI=1S/C20H16ClF2N5S/c1-13-2-8-16(9-3-13)28-18(14-4-6-15(21)7-5-14)25-26-20(28)29-12-17-24-10-11-27(17)19(22)23/h2-11,19H,12H2,1H3. The summed E-state index contributed by atoms with van der Waals surface area (Å²) in [5.41, 5.74) is 2.86. The van der Waals surface area contributed by atoms with Crippen LogP contribution >= 0.6 is 23.4 Å². The van der Waals surface area contributed by atoms with E-state index in [1.54, 1.807) is 12.1 Å². The van der Waals surface area contributed by atoms with E-state index in [2.05, 4.69) is 15.2 Å². The van der Waals surface area contributed by atoms with Crippen LogP contribution in [0.5, 0.6) is 0 Å². The van der Waals surface area contributed by atoms with Crippen molar-refractivity contribution in [1.29, 1.82) is 0 Å². The third kappa shape index (κ3) is 4.18. The molecule has 29 heavy (non-hydrogen) atoms. The molecule has 0 radical (unpaired) electrons. The van der Waals surface area contributed by atoms with Gasteiger partial charge in [-0.1, -0.05) is 41.1 Å². The van der Waals surface area contributed by atoms with Crippen LogP contribution in [-0.4, -0.2) is 24.3 Å². The number of hydrogen-bond acceptors (Lipinski definition) is 4. The van der Waals surface area contributed by atoms with E-state index in [1.165, 1.54) is 24.2 Å². The molecule has 0 saturated carbocycles. The zero-order valence-corrected chi connectivity index (χ0v) is 16.9. The van der Waals surface area contributed by atoms with Gasteiger partial charge in [0.2, 0.25) is 0 Å². The summed E-state index contributed by atoms with van der Waals surface area (Å²) in [6, 6.07) is 15.3. The van der Waals surface area contributed by atoms with Gasteiger partial charge in [0.15, 0.2) is 11.0 Å². The average Bonchev–Trinajstić information content (AvgIpc) is 3.34. The van der Waals surface area contributed by atoms with Crippen molar-refractivity contribution in [1.82, 2.24) is 24.3 Å². The van der Waals surface area contributed by atoms with E-state index in [4.69, 9.17) is 11.6 Å². The maximum absolute atomic E-state index is 13.1. The fraction of sp³-hybridized carbons (Fsp3) is 0.150. The Labute approximate surface area is 175 Å². The van der Waals surface area contributed by atoms with Crippen molar-refractivity contribution in [3.63, 3.8) is 0 Å². The molecular formula is C20H16ClF2N5S. The van der Waals surface area contributed by atoms with Crippen molar-refractivity contribution in [3.05, 3.63) is 77.3 Å². The molecule has 0 atom stereocenters. The fourth-order valence-corrected chi connectivity index (χ4v) is 3.87. The molecule has 5 nitrogen and oxygen atoms in total. The number of aryl methyl sites for hydroxylation is 1. The Kier molecular flexibility index (Phi) is 5.64. The minimum absolute atomic E-state index is 0.238. The number of benzene rings is 2. The predicted molar refractivity (Wildman–Crippen MR) is 110 cm³/mol. The first-order valence-corrected chi connectivity index (χ1v) is 10.1. The topological polar surface area (TPSA) is 48.5 Å². The van der Waals surface area contributed by atoms with E-state index in [0.29, 0.717) is 16.0 Å². The molecule has 0 fully saturated rings. The van der Waals surface area contributed by atoms with Crippen LogP contribution in [0.4, 0.5) is 8.78 Å². The monoisotopic (exact) mass is 431 g/mol. The Bertz CT molecular complexity index is 1110. The Morgan fingerprint density at radius 2 is 1.76 bits per heavy atom. The van der Waals surface area contributed by atoms with E-state index in [0.717, 1.165) is 21.4 Å². The number of halogens is 3. The lowest BCUT2D eigenvalue weighted by Gasteiger charge is -2.11. The molecule has 0 bridgehead atoms. The molecule has 0 amide bonds. The van der Waals surface area contributed by atoms with E-state index in [-0.39, 0.29) is 11.6 Å². The maximum Gasteiger partial charge on any atom is 0.319 e. The second kappa shape index (κ2) is 8.34. The molecule has 0 saturated heterocycles. The van der Waals surface area contributed by atoms with E-state index < -0.39 is 6.55 Å². The summed E-state index contributed by atoms with van der Waals surface area (Å²) >= 11 is 7.31. The van der Waals surface area contributed by atoms with Crippen LogP contribution in [0.3, 0.4) is 0 Å². The lowest BCUT2D eigenvalue weighted by Crippen LogP contribution is -2.03. The number of hydrogen-bond donors (Lipinski definition) is 0. The minimum Gasteiger partial charge on any atom is -0.277 e. The molecule has 4 aromatic rings. The molecule has 0 unspecified atom stereocenters. The van der Waals surface area contributed by atoms with E-state index in [9.17, 15) is 8.78 Å². The van der Waals surface area contributed by atoms with E-state index >= 15 is 0 Å². The van der Waals surface area contributed by atoms with E-state index in [1.807, 2.05) is 47.9 Å². The lowest BCUT2D eigenvalue weighted by atomic mass is 10.2. The van der Waals surface area contributed by atoms with Gasteiger partial charge in [-0.05, 0) is 43.3 Å². The lowest BCUT2D eigenvalue weighted by molar-refractivity contribution is 0.0678. The van der Waals surface area contributed by atoms with Crippen LogP contribution < -0.4 is 0 Å². The van der Waals surface area contributed by atoms with Gasteiger partial charge in [-0.2, -0.15) is 8.78 Å². The molecule has 2 heterocycles.